The highest BCUT2D eigenvalue weighted by atomic mass is 32.2. The van der Waals surface area contributed by atoms with Crippen LogP contribution in [-0.2, 0) is 6.18 Å². The molecule has 0 amide bonds. The maximum absolute atomic E-state index is 12.9. The van der Waals surface area contributed by atoms with Crippen LogP contribution in [0.5, 0.6) is 0 Å². The van der Waals surface area contributed by atoms with Gasteiger partial charge in [-0.3, -0.25) is 0 Å². The molecule has 1 aliphatic rings. The predicted octanol–water partition coefficient (Wildman–Crippen LogP) is 3.57. The highest BCUT2D eigenvalue weighted by molar-refractivity contribution is 7.99. The monoisotopic (exact) mass is 265 g/mol. The van der Waals surface area contributed by atoms with Gasteiger partial charge in [-0.15, -0.1) is 11.8 Å². The summed E-state index contributed by atoms with van der Waals surface area (Å²) >= 11 is 1.42. The van der Waals surface area contributed by atoms with Crippen LogP contribution in [0.1, 0.15) is 22.9 Å². The lowest BCUT2D eigenvalue weighted by Gasteiger charge is -2.26. The molecule has 1 aromatic carbocycles. The third kappa shape index (κ3) is 2.93. The average Bonchev–Trinajstić information content (AvgIpc) is 2.29. The van der Waals surface area contributed by atoms with Crippen LogP contribution in [-0.4, -0.2) is 12.3 Å². The van der Waals surface area contributed by atoms with E-state index in [-0.39, 0.29) is 5.56 Å². The van der Waals surface area contributed by atoms with Crippen molar-refractivity contribution in [2.75, 3.05) is 12.3 Å². The minimum atomic E-state index is -4.52. The molecule has 1 unspecified atom stereocenters. The first-order chi connectivity index (χ1) is 7.98. The molecular weight excluding hydrogens is 254 g/mol. The normalized spacial score (nSPS) is 21.5. The molecule has 6 heteroatoms. The Morgan fingerprint density at radius 2 is 2.06 bits per heavy atom. The second-order valence-corrected chi connectivity index (χ2v) is 5.00. The Kier molecular flexibility index (Phi) is 3.63. The van der Waals surface area contributed by atoms with Gasteiger partial charge in [0.2, 0.25) is 0 Å². The third-order valence-electron chi connectivity index (χ3n) is 2.54. The first-order valence-corrected chi connectivity index (χ1v) is 6.25. The molecule has 0 aliphatic carbocycles. The number of alkyl halides is 3. The van der Waals surface area contributed by atoms with E-state index in [1.54, 1.807) is 0 Å². The summed E-state index contributed by atoms with van der Waals surface area (Å²) in [5.74, 6) is -0.0475. The number of hydrogen-bond acceptors (Lipinski definition) is 2. The summed E-state index contributed by atoms with van der Waals surface area (Å²) in [6, 6.07) is 2.85. The molecule has 0 bridgehead atoms. The molecule has 1 atom stereocenters. The van der Waals surface area contributed by atoms with E-state index in [0.29, 0.717) is 12.6 Å². The lowest BCUT2D eigenvalue weighted by Crippen LogP contribution is -2.27. The molecule has 1 saturated heterocycles. The van der Waals surface area contributed by atoms with Gasteiger partial charge in [0, 0.05) is 0 Å². The Hall–Kier alpha value is -0.750. The van der Waals surface area contributed by atoms with Crippen molar-refractivity contribution in [2.24, 2.45) is 0 Å². The topological polar surface area (TPSA) is 12.0 Å². The molecule has 1 N–H and O–H groups in total. The van der Waals surface area contributed by atoms with Gasteiger partial charge in [0.15, 0.2) is 0 Å². The van der Waals surface area contributed by atoms with Crippen LogP contribution in [0, 0.1) is 5.82 Å². The maximum Gasteiger partial charge on any atom is 0.416 e. The van der Waals surface area contributed by atoms with Gasteiger partial charge in [0.1, 0.15) is 5.82 Å². The molecule has 17 heavy (non-hydrogen) atoms. The Morgan fingerprint density at radius 3 is 2.65 bits per heavy atom. The first-order valence-electron chi connectivity index (χ1n) is 5.20. The minimum Gasteiger partial charge on any atom is -0.302 e. The first kappa shape index (κ1) is 12.7. The van der Waals surface area contributed by atoms with Crippen molar-refractivity contribution in [1.29, 1.82) is 0 Å². The van der Waals surface area contributed by atoms with Crippen molar-refractivity contribution >= 4 is 11.8 Å². The van der Waals surface area contributed by atoms with Crippen LogP contribution in [0.15, 0.2) is 18.2 Å². The van der Waals surface area contributed by atoms with Crippen molar-refractivity contribution < 1.29 is 17.6 Å². The molecule has 1 aromatic rings. The van der Waals surface area contributed by atoms with E-state index in [0.717, 1.165) is 18.2 Å². The average molecular weight is 265 g/mol. The summed E-state index contributed by atoms with van der Waals surface area (Å²) in [4.78, 5) is 0. The Labute approximate surface area is 101 Å². The quantitative estimate of drug-likeness (QED) is 0.779. The molecule has 1 aliphatic heterocycles. The van der Waals surface area contributed by atoms with Crippen LogP contribution in [0.2, 0.25) is 0 Å². The van der Waals surface area contributed by atoms with E-state index in [1.807, 2.05) is 0 Å². The zero-order valence-corrected chi connectivity index (χ0v) is 9.67. The summed E-state index contributed by atoms with van der Waals surface area (Å²) < 4.78 is 51.3. The summed E-state index contributed by atoms with van der Waals surface area (Å²) in [7, 11) is 0. The number of hydrogen-bond donors (Lipinski definition) is 1. The summed E-state index contributed by atoms with van der Waals surface area (Å²) in [6.07, 6.45) is -3.58. The largest absolute Gasteiger partial charge is 0.416 e. The second-order valence-electron chi connectivity index (χ2n) is 3.79. The van der Waals surface area contributed by atoms with E-state index in [4.69, 9.17) is 0 Å². The van der Waals surface area contributed by atoms with Gasteiger partial charge in [-0.05, 0) is 36.4 Å². The summed E-state index contributed by atoms with van der Waals surface area (Å²) in [5, 5.41) is 2.61. The van der Waals surface area contributed by atoms with Crippen LogP contribution in [0.25, 0.3) is 0 Å². The summed E-state index contributed by atoms with van der Waals surface area (Å²) in [6.45, 7) is 0.687. The van der Waals surface area contributed by atoms with Crippen molar-refractivity contribution in [3.8, 4) is 0 Å². The van der Waals surface area contributed by atoms with Crippen LogP contribution in [0.4, 0.5) is 17.6 Å². The van der Waals surface area contributed by atoms with Crippen LogP contribution < -0.4 is 5.32 Å². The zero-order valence-electron chi connectivity index (χ0n) is 8.85. The Balaban J connectivity index is 2.38. The van der Waals surface area contributed by atoms with E-state index >= 15 is 0 Å². The minimum absolute atomic E-state index is 0.114. The number of nitrogens with one attached hydrogen (secondary N) is 1. The number of rotatable bonds is 1. The molecule has 0 radical (unpaired) electrons. The lowest BCUT2D eigenvalue weighted by molar-refractivity contribution is -0.138. The van der Waals surface area contributed by atoms with Crippen LogP contribution >= 0.6 is 11.8 Å². The maximum atomic E-state index is 12.9. The standard InChI is InChI=1S/C11H11F4NS/c12-7-2-3-8(9(6-7)11(13,14)15)10-16-4-1-5-17-10/h2-3,6,10,16H,1,4-5H2. The van der Waals surface area contributed by atoms with Gasteiger partial charge in [0.25, 0.3) is 0 Å². The Bertz CT molecular complexity index is 399. The molecule has 1 fully saturated rings. The van der Waals surface area contributed by atoms with Gasteiger partial charge in [0.05, 0.1) is 10.9 Å². The molecule has 0 aromatic heterocycles. The molecule has 0 spiro atoms. The smallest absolute Gasteiger partial charge is 0.302 e. The zero-order chi connectivity index (χ0) is 12.5. The molecule has 1 heterocycles. The predicted molar refractivity (Wildman–Crippen MR) is 59.2 cm³/mol. The highest BCUT2D eigenvalue weighted by Crippen LogP contribution is 2.39. The second kappa shape index (κ2) is 4.86. The van der Waals surface area contributed by atoms with E-state index in [1.165, 1.54) is 17.8 Å². The number of benzene rings is 1. The molecule has 94 valence electrons. The summed E-state index contributed by atoms with van der Waals surface area (Å²) in [5.41, 5.74) is -0.770. The van der Waals surface area contributed by atoms with Gasteiger partial charge < -0.3 is 5.32 Å². The molecule has 0 saturated carbocycles. The van der Waals surface area contributed by atoms with Gasteiger partial charge in [-0.25, -0.2) is 4.39 Å². The van der Waals surface area contributed by atoms with Crippen molar-refractivity contribution in [3.05, 3.63) is 35.1 Å². The van der Waals surface area contributed by atoms with E-state index in [2.05, 4.69) is 5.32 Å². The molecule has 2 rings (SSSR count). The van der Waals surface area contributed by atoms with Gasteiger partial charge >= 0.3 is 6.18 Å². The van der Waals surface area contributed by atoms with Crippen molar-refractivity contribution in [3.63, 3.8) is 0 Å². The van der Waals surface area contributed by atoms with Gasteiger partial charge in [-0.2, -0.15) is 13.2 Å². The van der Waals surface area contributed by atoms with Crippen molar-refractivity contribution in [1.82, 2.24) is 5.32 Å². The Morgan fingerprint density at radius 1 is 1.29 bits per heavy atom. The number of halogens is 4. The number of thioether (sulfide) groups is 1. The molecular formula is C11H11F4NS. The van der Waals surface area contributed by atoms with E-state index < -0.39 is 22.9 Å². The molecule has 1 nitrogen and oxygen atoms in total. The fourth-order valence-electron chi connectivity index (χ4n) is 1.77. The van der Waals surface area contributed by atoms with Crippen LogP contribution in [0.3, 0.4) is 0 Å². The SMILES string of the molecule is Fc1ccc(C2NCCCS2)c(C(F)(F)F)c1. The van der Waals surface area contributed by atoms with Crippen molar-refractivity contribution in [2.45, 2.75) is 18.0 Å². The fourth-order valence-corrected chi connectivity index (χ4v) is 2.94. The lowest BCUT2D eigenvalue weighted by atomic mass is 10.1. The van der Waals surface area contributed by atoms with Gasteiger partial charge in [-0.1, -0.05) is 6.07 Å². The fraction of sp³-hybridized carbons (Fsp3) is 0.455. The van der Waals surface area contributed by atoms with E-state index in [9.17, 15) is 17.6 Å². The highest BCUT2D eigenvalue weighted by Gasteiger charge is 2.36. The third-order valence-corrected chi connectivity index (χ3v) is 3.82.